The summed E-state index contributed by atoms with van der Waals surface area (Å²) in [4.78, 5) is 24.3. The highest BCUT2D eigenvalue weighted by Gasteiger charge is 2.09. The molecule has 0 aliphatic rings. The summed E-state index contributed by atoms with van der Waals surface area (Å²) in [6.07, 6.45) is 0. The minimum Gasteiger partial charge on any atom is -0.355 e. The number of nitro benzene ring substituents is 1. The number of carbonyl (C=O) groups excluding carboxylic acids is 1. The van der Waals surface area contributed by atoms with E-state index in [0.717, 1.165) is 16.1 Å². The van der Waals surface area contributed by atoms with Crippen molar-refractivity contribution < 1.29 is 9.72 Å². The van der Waals surface area contributed by atoms with E-state index in [1.54, 1.807) is 36.0 Å². The van der Waals surface area contributed by atoms with Crippen LogP contribution >= 0.6 is 11.8 Å². The number of benzene rings is 4. The molecule has 0 fully saturated rings. The molecule has 0 saturated carbocycles. The number of non-ortho nitro benzene ring substituents is 1. The SMILES string of the molecule is O=C(Nc1cc(CSc2ccccc2)cc(Nc2ccc([N+](=O)[O-])cc2)c1)c1ccccc1. The first-order valence-electron chi connectivity index (χ1n) is 10.3. The summed E-state index contributed by atoms with van der Waals surface area (Å²) in [7, 11) is 0. The molecule has 4 rings (SSSR count). The van der Waals surface area contributed by atoms with E-state index in [1.807, 2.05) is 54.6 Å². The molecule has 0 atom stereocenters. The van der Waals surface area contributed by atoms with E-state index in [1.165, 1.54) is 12.1 Å². The van der Waals surface area contributed by atoms with Gasteiger partial charge in [0.15, 0.2) is 0 Å². The molecule has 0 aromatic heterocycles. The number of amides is 1. The van der Waals surface area contributed by atoms with Crippen molar-refractivity contribution in [3.63, 3.8) is 0 Å². The van der Waals surface area contributed by atoms with E-state index in [4.69, 9.17) is 0 Å². The number of carbonyl (C=O) groups is 1. The molecule has 0 aliphatic carbocycles. The topological polar surface area (TPSA) is 84.3 Å². The van der Waals surface area contributed by atoms with Crippen LogP contribution in [0.4, 0.5) is 22.7 Å². The highest BCUT2D eigenvalue weighted by molar-refractivity contribution is 7.98. The lowest BCUT2D eigenvalue weighted by Crippen LogP contribution is -2.12. The van der Waals surface area contributed by atoms with Crippen LogP contribution in [0.25, 0.3) is 0 Å². The lowest BCUT2D eigenvalue weighted by Gasteiger charge is -2.13. The first-order chi connectivity index (χ1) is 16.1. The van der Waals surface area contributed by atoms with Crippen molar-refractivity contribution in [3.8, 4) is 0 Å². The van der Waals surface area contributed by atoms with E-state index >= 15 is 0 Å². The molecule has 164 valence electrons. The summed E-state index contributed by atoms with van der Waals surface area (Å²) in [5.74, 6) is 0.526. The molecule has 0 unspecified atom stereocenters. The Bertz CT molecular complexity index is 1250. The average Bonchev–Trinajstić information content (AvgIpc) is 2.84. The number of rotatable bonds is 8. The van der Waals surface area contributed by atoms with Crippen molar-refractivity contribution in [1.82, 2.24) is 0 Å². The van der Waals surface area contributed by atoms with Crippen molar-refractivity contribution in [2.75, 3.05) is 10.6 Å². The van der Waals surface area contributed by atoms with E-state index in [9.17, 15) is 14.9 Å². The molecule has 33 heavy (non-hydrogen) atoms. The maximum absolute atomic E-state index is 12.7. The van der Waals surface area contributed by atoms with Crippen LogP contribution in [0.3, 0.4) is 0 Å². The first kappa shape index (κ1) is 22.1. The molecule has 7 heteroatoms. The Hall–Kier alpha value is -4.10. The lowest BCUT2D eigenvalue weighted by atomic mass is 10.1. The van der Waals surface area contributed by atoms with Gasteiger partial charge in [-0.3, -0.25) is 14.9 Å². The molecular formula is C26H21N3O3S. The van der Waals surface area contributed by atoms with Crippen molar-refractivity contribution >= 4 is 40.4 Å². The largest absolute Gasteiger partial charge is 0.355 e. The number of hydrogen-bond donors (Lipinski definition) is 2. The Morgan fingerprint density at radius 3 is 2.09 bits per heavy atom. The normalized spacial score (nSPS) is 10.4. The van der Waals surface area contributed by atoms with Crippen LogP contribution in [0.1, 0.15) is 15.9 Å². The van der Waals surface area contributed by atoms with E-state index in [-0.39, 0.29) is 11.6 Å². The summed E-state index contributed by atoms with van der Waals surface area (Å²) < 4.78 is 0. The van der Waals surface area contributed by atoms with Gasteiger partial charge in [0.05, 0.1) is 4.92 Å². The maximum atomic E-state index is 12.7. The van der Waals surface area contributed by atoms with Gasteiger partial charge < -0.3 is 10.6 Å². The van der Waals surface area contributed by atoms with Gasteiger partial charge in [-0.05, 0) is 60.2 Å². The van der Waals surface area contributed by atoms with E-state index in [0.29, 0.717) is 22.7 Å². The first-order valence-corrected chi connectivity index (χ1v) is 11.2. The van der Waals surface area contributed by atoms with Crippen LogP contribution < -0.4 is 10.6 Å². The zero-order valence-electron chi connectivity index (χ0n) is 17.6. The second kappa shape index (κ2) is 10.5. The Kier molecular flexibility index (Phi) is 7.02. The lowest BCUT2D eigenvalue weighted by molar-refractivity contribution is -0.384. The fraction of sp³-hybridized carbons (Fsp3) is 0.0385. The number of hydrogen-bond acceptors (Lipinski definition) is 5. The highest BCUT2D eigenvalue weighted by atomic mass is 32.2. The summed E-state index contributed by atoms with van der Waals surface area (Å²) in [5, 5.41) is 17.2. The third-order valence-electron chi connectivity index (χ3n) is 4.80. The molecule has 2 N–H and O–H groups in total. The molecule has 6 nitrogen and oxygen atoms in total. The summed E-state index contributed by atoms with van der Waals surface area (Å²) >= 11 is 1.70. The van der Waals surface area contributed by atoms with Gasteiger partial charge in [0.25, 0.3) is 11.6 Å². The number of thioether (sulfide) groups is 1. The molecule has 1 amide bonds. The van der Waals surface area contributed by atoms with Crippen LogP contribution in [0.2, 0.25) is 0 Å². The average molecular weight is 456 g/mol. The van der Waals surface area contributed by atoms with Crippen molar-refractivity contribution in [2.45, 2.75) is 10.6 Å². The maximum Gasteiger partial charge on any atom is 0.269 e. The molecule has 0 heterocycles. The summed E-state index contributed by atoms with van der Waals surface area (Å²) in [6, 6.07) is 31.2. The van der Waals surface area contributed by atoms with Gasteiger partial charge in [-0.2, -0.15) is 0 Å². The van der Waals surface area contributed by atoms with Crippen LogP contribution in [0, 0.1) is 10.1 Å². The molecule has 4 aromatic carbocycles. The molecule has 0 spiro atoms. The predicted octanol–water partition coefficient (Wildman–Crippen LogP) is 6.88. The zero-order valence-corrected chi connectivity index (χ0v) is 18.4. The molecule has 4 aromatic rings. The number of nitro groups is 1. The quantitative estimate of drug-likeness (QED) is 0.172. The smallest absolute Gasteiger partial charge is 0.269 e. The Morgan fingerprint density at radius 1 is 0.788 bits per heavy atom. The molecule has 0 aliphatic heterocycles. The molecular weight excluding hydrogens is 434 g/mol. The molecule has 0 saturated heterocycles. The fourth-order valence-corrected chi connectivity index (χ4v) is 4.08. The van der Waals surface area contributed by atoms with Crippen LogP contribution in [0.5, 0.6) is 0 Å². The fourth-order valence-electron chi connectivity index (χ4n) is 3.23. The van der Waals surface area contributed by atoms with Crippen LogP contribution in [-0.2, 0) is 5.75 Å². The van der Waals surface area contributed by atoms with Crippen molar-refractivity contribution in [3.05, 3.63) is 124 Å². The van der Waals surface area contributed by atoms with Gasteiger partial charge in [-0.1, -0.05) is 36.4 Å². The zero-order chi connectivity index (χ0) is 23.0. The molecule has 0 bridgehead atoms. The van der Waals surface area contributed by atoms with E-state index < -0.39 is 4.92 Å². The third-order valence-corrected chi connectivity index (χ3v) is 5.89. The standard InChI is InChI=1S/C26H21N3O3S/c30-26(20-7-3-1-4-8-20)28-23-16-19(18-33-25-9-5-2-6-10-25)15-22(17-23)27-21-11-13-24(14-12-21)29(31)32/h1-17,27H,18H2,(H,28,30). The number of nitrogens with zero attached hydrogens (tertiary/aromatic N) is 1. The number of anilines is 3. The van der Waals surface area contributed by atoms with Gasteiger partial charge in [-0.15, -0.1) is 11.8 Å². The van der Waals surface area contributed by atoms with Gasteiger partial charge in [0.2, 0.25) is 0 Å². The summed E-state index contributed by atoms with van der Waals surface area (Å²) in [5.41, 5.74) is 3.79. The van der Waals surface area contributed by atoms with Gasteiger partial charge in [0, 0.05) is 45.4 Å². The van der Waals surface area contributed by atoms with Crippen LogP contribution in [0.15, 0.2) is 108 Å². The number of nitrogens with one attached hydrogen (secondary N) is 2. The predicted molar refractivity (Wildman–Crippen MR) is 133 cm³/mol. The minimum atomic E-state index is -0.428. The van der Waals surface area contributed by atoms with Gasteiger partial charge >= 0.3 is 0 Å². The molecule has 0 radical (unpaired) electrons. The monoisotopic (exact) mass is 455 g/mol. The van der Waals surface area contributed by atoms with Gasteiger partial charge in [-0.25, -0.2) is 0 Å². The Morgan fingerprint density at radius 2 is 1.42 bits per heavy atom. The summed E-state index contributed by atoms with van der Waals surface area (Å²) in [6.45, 7) is 0. The third kappa shape index (κ3) is 6.21. The Balaban J connectivity index is 1.57. The second-order valence-corrected chi connectivity index (χ2v) is 8.32. The van der Waals surface area contributed by atoms with Crippen molar-refractivity contribution in [1.29, 1.82) is 0 Å². The Labute approximate surface area is 195 Å². The minimum absolute atomic E-state index is 0.0318. The van der Waals surface area contributed by atoms with E-state index in [2.05, 4.69) is 22.8 Å². The second-order valence-electron chi connectivity index (χ2n) is 7.27. The van der Waals surface area contributed by atoms with Crippen molar-refractivity contribution in [2.24, 2.45) is 0 Å². The van der Waals surface area contributed by atoms with Crippen LogP contribution in [-0.4, -0.2) is 10.8 Å². The highest BCUT2D eigenvalue weighted by Crippen LogP contribution is 2.29. The van der Waals surface area contributed by atoms with Gasteiger partial charge in [0.1, 0.15) is 0 Å².